The molecule has 0 bridgehead atoms. The van der Waals surface area contributed by atoms with Crippen LogP contribution in [0.15, 0.2) is 22.7 Å². The normalized spacial score (nSPS) is 10.1. The van der Waals surface area contributed by atoms with E-state index in [1.807, 2.05) is 12.1 Å². The van der Waals surface area contributed by atoms with E-state index in [0.29, 0.717) is 6.42 Å². The first kappa shape index (κ1) is 12.2. The highest BCUT2D eigenvalue weighted by Crippen LogP contribution is 2.19. The van der Waals surface area contributed by atoms with Gasteiger partial charge in [0, 0.05) is 23.1 Å². The molecule has 3 heteroatoms. The number of carbonyl (C=O) groups excluding carboxylic acids is 1. The van der Waals surface area contributed by atoms with Crippen LogP contribution in [0.25, 0.3) is 0 Å². The number of carbonyl (C=O) groups is 1. The summed E-state index contributed by atoms with van der Waals surface area (Å²) in [7, 11) is 0. The Morgan fingerprint density at radius 2 is 2.20 bits per heavy atom. The molecule has 0 fully saturated rings. The molecule has 2 nitrogen and oxygen atoms in total. The summed E-state index contributed by atoms with van der Waals surface area (Å²) < 4.78 is 1.12. The van der Waals surface area contributed by atoms with Crippen molar-refractivity contribution in [2.24, 2.45) is 0 Å². The molecule has 82 valence electrons. The smallest absolute Gasteiger partial charge is 0.129 e. The van der Waals surface area contributed by atoms with Crippen molar-refractivity contribution in [3.63, 3.8) is 0 Å². The predicted octanol–water partition coefficient (Wildman–Crippen LogP) is 3.54. The van der Waals surface area contributed by atoms with Crippen LogP contribution in [0.2, 0.25) is 0 Å². The second-order valence-electron chi connectivity index (χ2n) is 3.70. The number of anilines is 1. The van der Waals surface area contributed by atoms with Gasteiger partial charge in [-0.05, 0) is 44.0 Å². The molecule has 1 N–H and O–H groups in total. The van der Waals surface area contributed by atoms with Gasteiger partial charge in [0.15, 0.2) is 0 Å². The fraction of sp³-hybridized carbons (Fsp3) is 0.417. The summed E-state index contributed by atoms with van der Waals surface area (Å²) in [6.45, 7) is 4.54. The molecule has 1 aromatic rings. The van der Waals surface area contributed by atoms with E-state index in [-0.39, 0.29) is 5.78 Å². The summed E-state index contributed by atoms with van der Waals surface area (Å²) in [5.74, 6) is 0.254. The Morgan fingerprint density at radius 3 is 2.80 bits per heavy atom. The van der Waals surface area contributed by atoms with E-state index in [1.165, 1.54) is 5.56 Å². The lowest BCUT2D eigenvalue weighted by molar-refractivity contribution is -0.117. The highest BCUT2D eigenvalue weighted by atomic mass is 79.9. The third kappa shape index (κ3) is 4.47. The zero-order valence-electron chi connectivity index (χ0n) is 9.14. The van der Waals surface area contributed by atoms with Crippen molar-refractivity contribution in [3.8, 4) is 0 Å². The Hall–Kier alpha value is -0.830. The number of aryl methyl sites for hydroxylation is 1. The molecule has 0 atom stereocenters. The highest BCUT2D eigenvalue weighted by molar-refractivity contribution is 9.10. The maximum absolute atomic E-state index is 10.7. The molecule has 0 aliphatic heterocycles. The van der Waals surface area contributed by atoms with Gasteiger partial charge in [0.1, 0.15) is 5.78 Å². The molecule has 0 spiro atoms. The van der Waals surface area contributed by atoms with Crippen molar-refractivity contribution < 1.29 is 4.79 Å². The summed E-state index contributed by atoms with van der Waals surface area (Å²) >= 11 is 3.46. The number of halogens is 1. The number of nitrogens with one attached hydrogen (secondary N) is 1. The fourth-order valence-corrected chi connectivity index (χ4v) is 1.57. The maximum atomic E-state index is 10.7. The van der Waals surface area contributed by atoms with Crippen molar-refractivity contribution in [2.75, 3.05) is 11.9 Å². The maximum Gasteiger partial charge on any atom is 0.129 e. The predicted molar refractivity (Wildman–Crippen MR) is 67.3 cm³/mol. The first-order valence-electron chi connectivity index (χ1n) is 5.09. The Kier molecular flexibility index (Phi) is 4.82. The summed E-state index contributed by atoms with van der Waals surface area (Å²) in [5.41, 5.74) is 2.32. The molecule has 0 saturated carbocycles. The minimum absolute atomic E-state index is 0.254. The van der Waals surface area contributed by atoms with E-state index in [2.05, 4.69) is 34.2 Å². The standard InChI is InChI=1S/C12H16BrNO/c1-9-8-11(5-6-12(9)13)14-7-3-4-10(2)15/h5-6,8,14H,3-4,7H2,1-2H3. The lowest BCUT2D eigenvalue weighted by Crippen LogP contribution is -2.03. The third-order valence-corrected chi connectivity index (χ3v) is 3.08. The molecule has 0 unspecified atom stereocenters. The second-order valence-corrected chi connectivity index (χ2v) is 4.55. The molecular formula is C12H16BrNO. The number of hydrogen-bond donors (Lipinski definition) is 1. The largest absolute Gasteiger partial charge is 0.385 e. The topological polar surface area (TPSA) is 29.1 Å². The quantitative estimate of drug-likeness (QED) is 0.829. The van der Waals surface area contributed by atoms with Gasteiger partial charge in [-0.1, -0.05) is 15.9 Å². The molecule has 0 radical (unpaired) electrons. The van der Waals surface area contributed by atoms with E-state index in [1.54, 1.807) is 6.92 Å². The lowest BCUT2D eigenvalue weighted by atomic mass is 10.2. The molecule has 1 rings (SSSR count). The van der Waals surface area contributed by atoms with Gasteiger partial charge < -0.3 is 10.1 Å². The van der Waals surface area contributed by atoms with Crippen molar-refractivity contribution in [2.45, 2.75) is 26.7 Å². The number of benzene rings is 1. The highest BCUT2D eigenvalue weighted by Gasteiger charge is 1.97. The Balaban J connectivity index is 2.38. The van der Waals surface area contributed by atoms with Crippen LogP contribution in [-0.2, 0) is 4.79 Å². The molecular weight excluding hydrogens is 254 g/mol. The van der Waals surface area contributed by atoms with Gasteiger partial charge in [-0.2, -0.15) is 0 Å². The van der Waals surface area contributed by atoms with E-state index < -0.39 is 0 Å². The van der Waals surface area contributed by atoms with E-state index in [0.717, 1.165) is 23.1 Å². The molecule has 0 aromatic heterocycles. The first-order chi connectivity index (χ1) is 7.09. The number of rotatable bonds is 5. The summed E-state index contributed by atoms with van der Waals surface area (Å²) in [4.78, 5) is 10.7. The Labute approximate surface area is 99.2 Å². The molecule has 0 amide bonds. The number of ketones is 1. The van der Waals surface area contributed by atoms with E-state index in [9.17, 15) is 4.79 Å². The van der Waals surface area contributed by atoms with Gasteiger partial charge in [0.05, 0.1) is 0 Å². The number of hydrogen-bond acceptors (Lipinski definition) is 2. The van der Waals surface area contributed by atoms with E-state index >= 15 is 0 Å². The average Bonchev–Trinajstić information content (AvgIpc) is 2.18. The van der Waals surface area contributed by atoms with Gasteiger partial charge in [-0.25, -0.2) is 0 Å². The van der Waals surface area contributed by atoms with Crippen molar-refractivity contribution in [3.05, 3.63) is 28.2 Å². The molecule has 0 aliphatic carbocycles. The van der Waals surface area contributed by atoms with Crippen LogP contribution in [0.3, 0.4) is 0 Å². The minimum atomic E-state index is 0.254. The van der Waals surface area contributed by atoms with Gasteiger partial charge in [-0.3, -0.25) is 0 Å². The number of Topliss-reactive ketones (excluding diaryl/α,β-unsaturated/α-hetero) is 1. The fourth-order valence-electron chi connectivity index (χ4n) is 1.32. The van der Waals surface area contributed by atoms with Crippen LogP contribution in [0.1, 0.15) is 25.3 Å². The summed E-state index contributed by atoms with van der Waals surface area (Å²) in [6, 6.07) is 6.16. The summed E-state index contributed by atoms with van der Waals surface area (Å²) in [6.07, 6.45) is 1.55. The third-order valence-electron chi connectivity index (χ3n) is 2.19. The van der Waals surface area contributed by atoms with Gasteiger partial charge in [0.2, 0.25) is 0 Å². The zero-order chi connectivity index (χ0) is 11.3. The Morgan fingerprint density at radius 1 is 1.47 bits per heavy atom. The molecule has 1 aromatic carbocycles. The van der Waals surface area contributed by atoms with Crippen LogP contribution in [-0.4, -0.2) is 12.3 Å². The van der Waals surface area contributed by atoms with E-state index in [4.69, 9.17) is 0 Å². The average molecular weight is 270 g/mol. The first-order valence-corrected chi connectivity index (χ1v) is 5.88. The Bertz CT molecular complexity index is 349. The molecule has 0 saturated heterocycles. The molecule has 0 heterocycles. The van der Waals surface area contributed by atoms with Crippen LogP contribution in [0, 0.1) is 6.92 Å². The monoisotopic (exact) mass is 269 g/mol. The zero-order valence-corrected chi connectivity index (χ0v) is 10.7. The van der Waals surface area contributed by atoms with Crippen LogP contribution < -0.4 is 5.32 Å². The van der Waals surface area contributed by atoms with Crippen LogP contribution in [0.5, 0.6) is 0 Å². The van der Waals surface area contributed by atoms with Gasteiger partial charge >= 0.3 is 0 Å². The van der Waals surface area contributed by atoms with Gasteiger partial charge in [0.25, 0.3) is 0 Å². The lowest BCUT2D eigenvalue weighted by Gasteiger charge is -2.07. The van der Waals surface area contributed by atoms with Crippen molar-refractivity contribution in [1.29, 1.82) is 0 Å². The molecule has 15 heavy (non-hydrogen) atoms. The SMILES string of the molecule is CC(=O)CCCNc1ccc(Br)c(C)c1. The minimum Gasteiger partial charge on any atom is -0.385 e. The van der Waals surface area contributed by atoms with Crippen LogP contribution >= 0.6 is 15.9 Å². The van der Waals surface area contributed by atoms with Crippen molar-refractivity contribution in [1.82, 2.24) is 0 Å². The summed E-state index contributed by atoms with van der Waals surface area (Å²) in [5, 5.41) is 3.30. The van der Waals surface area contributed by atoms with Crippen molar-refractivity contribution >= 4 is 27.4 Å². The molecule has 0 aliphatic rings. The van der Waals surface area contributed by atoms with Gasteiger partial charge in [-0.15, -0.1) is 0 Å². The second kappa shape index (κ2) is 5.91. The van der Waals surface area contributed by atoms with Crippen LogP contribution in [0.4, 0.5) is 5.69 Å².